The molecule has 0 spiro atoms. The molecule has 27 rings (SSSR count). The number of hydrogen-bond donors (Lipinski definition) is 0. The third kappa shape index (κ3) is 13.3. The maximum Gasteiger partial charge on any atom is 0.0541 e. The molecule has 0 aliphatic rings. The van der Waals surface area contributed by atoms with Crippen LogP contribution in [0.5, 0.6) is 0 Å². The summed E-state index contributed by atoms with van der Waals surface area (Å²) in [6, 6.07) is 184. The fraction of sp³-hybridized carbons (Fsp3) is 0. The van der Waals surface area contributed by atoms with Crippen molar-refractivity contribution in [2.24, 2.45) is 0 Å². The average molecular weight is 1680 g/mol. The van der Waals surface area contributed by atoms with Gasteiger partial charge in [0.2, 0.25) is 0 Å². The highest BCUT2D eigenvalue weighted by molar-refractivity contribution is 6.17. The maximum atomic E-state index is 2.40. The second-order valence-corrected chi connectivity index (χ2v) is 34.3. The van der Waals surface area contributed by atoms with Gasteiger partial charge in [-0.25, -0.2) is 0 Å². The Bertz CT molecular complexity index is 8930. The molecule has 0 aliphatic heterocycles. The first kappa shape index (κ1) is 76.8. The molecule has 6 nitrogen and oxygen atoms in total. The second kappa shape index (κ2) is 32.4. The van der Waals surface area contributed by atoms with Crippen molar-refractivity contribution in [3.63, 3.8) is 0 Å². The van der Waals surface area contributed by atoms with Crippen LogP contribution in [0.25, 0.3) is 232 Å². The van der Waals surface area contributed by atoms with E-state index in [-0.39, 0.29) is 0 Å². The lowest BCUT2D eigenvalue weighted by Gasteiger charge is -2.11. The molecule has 132 heavy (non-hydrogen) atoms. The Balaban J connectivity index is 0.000000107. The summed E-state index contributed by atoms with van der Waals surface area (Å²) >= 11 is 0. The van der Waals surface area contributed by atoms with Crippen molar-refractivity contribution in [3.05, 3.63) is 510 Å². The molecule has 0 saturated carbocycles. The summed E-state index contributed by atoms with van der Waals surface area (Å²) in [4.78, 5) is 0. The van der Waals surface area contributed by atoms with Crippen molar-refractivity contribution in [1.29, 1.82) is 0 Å². The second-order valence-electron chi connectivity index (χ2n) is 34.3. The van der Waals surface area contributed by atoms with Crippen molar-refractivity contribution in [2.45, 2.75) is 0 Å². The smallest absolute Gasteiger partial charge is 0.0541 e. The minimum atomic E-state index is 1.16. The largest absolute Gasteiger partial charge is 0.309 e. The number of fused-ring (bicyclic) bond motifs is 18. The molecule has 0 radical (unpaired) electrons. The molecule has 618 valence electrons. The van der Waals surface area contributed by atoms with Crippen molar-refractivity contribution in [2.75, 3.05) is 0 Å². The van der Waals surface area contributed by atoms with E-state index in [1.807, 2.05) is 0 Å². The van der Waals surface area contributed by atoms with Crippen LogP contribution in [0, 0.1) is 0 Å². The molecule has 6 aromatic heterocycles. The molecule has 0 amide bonds. The van der Waals surface area contributed by atoms with E-state index in [9.17, 15) is 0 Å². The van der Waals surface area contributed by atoms with Gasteiger partial charge in [-0.2, -0.15) is 0 Å². The minimum Gasteiger partial charge on any atom is -0.309 e. The molecular formula is C126H84N6. The number of para-hydroxylation sites is 9. The van der Waals surface area contributed by atoms with E-state index in [1.54, 1.807) is 0 Å². The zero-order valence-corrected chi connectivity index (χ0v) is 72.2. The van der Waals surface area contributed by atoms with E-state index < -0.39 is 0 Å². The zero-order chi connectivity index (χ0) is 87.1. The van der Waals surface area contributed by atoms with Gasteiger partial charge in [0.15, 0.2) is 0 Å². The normalized spacial score (nSPS) is 11.6. The van der Waals surface area contributed by atoms with Crippen LogP contribution in [0.3, 0.4) is 0 Å². The van der Waals surface area contributed by atoms with Crippen LogP contribution >= 0.6 is 0 Å². The lowest BCUT2D eigenvalue weighted by atomic mass is 10.0. The van der Waals surface area contributed by atoms with Crippen LogP contribution in [0.15, 0.2) is 510 Å². The van der Waals surface area contributed by atoms with E-state index in [0.29, 0.717) is 0 Å². The molecule has 0 N–H and O–H groups in total. The minimum absolute atomic E-state index is 1.16. The first-order valence-electron chi connectivity index (χ1n) is 45.3. The van der Waals surface area contributed by atoms with E-state index in [2.05, 4.69) is 537 Å². The molecule has 0 atom stereocenters. The van der Waals surface area contributed by atoms with E-state index >= 15 is 0 Å². The first-order chi connectivity index (χ1) is 65.5. The van der Waals surface area contributed by atoms with Gasteiger partial charge >= 0.3 is 0 Å². The number of rotatable bonds is 12. The quantitative estimate of drug-likeness (QED) is 0.117. The Hall–Kier alpha value is -17.6. The van der Waals surface area contributed by atoms with Crippen molar-refractivity contribution < 1.29 is 0 Å². The van der Waals surface area contributed by atoms with Gasteiger partial charge < -0.3 is 27.4 Å². The molecule has 21 aromatic carbocycles. The summed E-state index contributed by atoms with van der Waals surface area (Å²) in [6.45, 7) is 0. The van der Waals surface area contributed by atoms with Crippen molar-refractivity contribution in [3.8, 4) is 101 Å². The molecule has 0 unspecified atom stereocenters. The predicted octanol–water partition coefficient (Wildman–Crippen LogP) is 33.6. The molecule has 0 saturated heterocycles. The molecule has 0 aliphatic carbocycles. The summed E-state index contributed by atoms with van der Waals surface area (Å²) in [6.07, 6.45) is 0. The summed E-state index contributed by atoms with van der Waals surface area (Å²) in [5.74, 6) is 0. The Morgan fingerprint density at radius 3 is 0.477 bits per heavy atom. The van der Waals surface area contributed by atoms with Gasteiger partial charge in [-0.3, -0.25) is 0 Å². The molecular weight excluding hydrogens is 1600 g/mol. The van der Waals surface area contributed by atoms with E-state index in [4.69, 9.17) is 0 Å². The lowest BCUT2D eigenvalue weighted by Crippen LogP contribution is -1.94. The maximum absolute atomic E-state index is 2.40. The summed E-state index contributed by atoms with van der Waals surface area (Å²) in [5, 5.41) is 15.2. The van der Waals surface area contributed by atoms with Gasteiger partial charge in [0, 0.05) is 98.8 Å². The summed E-state index contributed by atoms with van der Waals surface area (Å²) in [5.41, 5.74) is 36.3. The van der Waals surface area contributed by atoms with Crippen molar-refractivity contribution >= 4 is 131 Å². The van der Waals surface area contributed by atoms with Crippen LogP contribution in [-0.4, -0.2) is 27.4 Å². The Kier molecular flexibility index (Phi) is 18.8. The summed E-state index contributed by atoms with van der Waals surface area (Å²) < 4.78 is 14.3. The lowest BCUT2D eigenvalue weighted by molar-refractivity contribution is 1.18. The Morgan fingerprint density at radius 2 is 0.235 bits per heavy atom. The van der Waals surface area contributed by atoms with Crippen LogP contribution in [0.2, 0.25) is 0 Å². The van der Waals surface area contributed by atoms with Gasteiger partial charge in [-0.15, -0.1) is 0 Å². The Morgan fingerprint density at radius 1 is 0.0833 bits per heavy atom. The highest BCUT2D eigenvalue weighted by Gasteiger charge is 2.23. The monoisotopic (exact) mass is 1680 g/mol. The van der Waals surface area contributed by atoms with Crippen LogP contribution in [0.1, 0.15) is 0 Å². The summed E-state index contributed by atoms with van der Waals surface area (Å²) in [7, 11) is 0. The SMILES string of the molecule is c1ccc(-c2ccc(-n3c4ccccc4c4cc(-c5ccc6c(c5)c5ccccc5n6-c5cccc(-c6ccccc6)c5)ccc43)cc2)cc1.c1ccc(-c2ccc(-n3c4ccccc4c4cc(-c5ccc6c(c5)c5ccccc5n6-c5ccccc5)ccc43)cc2)cc1.c1ccc(-n2c3ccccc3c3cc(-c4ccc5c(c4)c4ccccc4n5-c4ccccc4)ccc32)cc1. The average Bonchev–Trinajstić information content (AvgIpc) is 1.59. The molecule has 0 bridgehead atoms. The standard InChI is InChI=1S/C48H32N2.C42H28N2.C36H24N2/c1-3-12-33(13-4-1)35-22-26-39(27-23-35)49-45-20-9-7-18-41(45)43-31-37(24-28-47(43)49)38-25-29-48-44(32-38)42-19-8-10-21-46(42)50(48)40-17-11-16-36(30-40)34-14-5-2-6-15-34;1-3-11-29(12-4-1)30-19-23-34(24-20-30)44-40-18-10-8-16-36(40)38-28-32(22-26-42(38)44)31-21-25-41-37(27-31)35-15-7-9-17-39(35)43(41)33-13-5-2-6-14-33;1-3-11-27(12-4-1)37-33-17-9-7-15-29(33)31-23-25(19-21-35(31)37)26-20-22-36-32(24-26)30-16-8-10-18-34(30)38(36)28-13-5-2-6-14-28/h1-32H;1-28H;1-24H. The topological polar surface area (TPSA) is 29.6 Å². The number of benzene rings is 21. The van der Waals surface area contributed by atoms with Gasteiger partial charge in [0.1, 0.15) is 0 Å². The van der Waals surface area contributed by atoms with E-state index in [0.717, 1.165) is 11.4 Å². The Labute approximate surface area is 763 Å². The van der Waals surface area contributed by atoms with Crippen LogP contribution in [-0.2, 0) is 0 Å². The van der Waals surface area contributed by atoms with Crippen molar-refractivity contribution in [1.82, 2.24) is 27.4 Å². The van der Waals surface area contributed by atoms with Gasteiger partial charge in [0.25, 0.3) is 0 Å². The number of nitrogens with zero attached hydrogens (tertiary/aromatic N) is 6. The van der Waals surface area contributed by atoms with Gasteiger partial charge in [-0.05, 0) is 249 Å². The van der Waals surface area contributed by atoms with Crippen LogP contribution < -0.4 is 0 Å². The molecule has 6 heteroatoms. The molecule has 6 heterocycles. The molecule has 0 fully saturated rings. The highest BCUT2D eigenvalue weighted by atomic mass is 15.0. The first-order valence-corrected chi connectivity index (χ1v) is 45.3. The molecule has 27 aromatic rings. The zero-order valence-electron chi connectivity index (χ0n) is 72.2. The predicted molar refractivity (Wildman–Crippen MR) is 558 cm³/mol. The fourth-order valence-electron chi connectivity index (χ4n) is 20.6. The van der Waals surface area contributed by atoms with Gasteiger partial charge in [0.05, 0.1) is 66.2 Å². The van der Waals surface area contributed by atoms with Crippen LogP contribution in [0.4, 0.5) is 0 Å². The van der Waals surface area contributed by atoms with Gasteiger partial charge in [-0.1, -0.05) is 328 Å². The number of hydrogen-bond acceptors (Lipinski definition) is 0. The third-order valence-corrected chi connectivity index (χ3v) is 26.8. The van der Waals surface area contributed by atoms with E-state index in [1.165, 1.54) is 220 Å². The highest BCUT2D eigenvalue weighted by Crippen LogP contribution is 2.45. The number of aromatic nitrogens is 6. The fourth-order valence-corrected chi connectivity index (χ4v) is 20.6. The third-order valence-electron chi connectivity index (χ3n) is 26.8.